The minimum absolute atomic E-state index is 0.318. The molecular formula is C26H42N6O12. The lowest BCUT2D eigenvalue weighted by Gasteiger charge is -2.25. The molecule has 0 spiro atoms. The van der Waals surface area contributed by atoms with Gasteiger partial charge < -0.3 is 47.2 Å². The standard InChI is InChI=1S/C26H42N6O12/c1-12(2)21(39)28-13(3)22(40)29-14(4)23(41)30-16(7-10-19(35)36)25(43)32-17(8-11-20(37)38)26(44)31-15(24(42)27-5)6-9-18(33)34/h12-17H,6-11H2,1-5H3,(H,27,42)(H,28,39)(H,29,40)(H,30,41)(H,31,44)(H,32,43)(H,33,34)(H,35,36)(H,37,38)/t13-,14-,15-,16-,17-/m0/s1. The Hall–Kier alpha value is -4.77. The molecule has 0 aromatic rings. The second-order valence-corrected chi connectivity index (χ2v) is 10.2. The van der Waals surface area contributed by atoms with Crippen molar-refractivity contribution < 1.29 is 58.5 Å². The number of carboxylic acid groups (broad SMARTS) is 3. The summed E-state index contributed by atoms with van der Waals surface area (Å²) in [6, 6.07) is -6.74. The SMILES string of the molecule is CNC(=O)[C@H](CCC(=O)O)NC(=O)[C@H](CCC(=O)O)NC(=O)[C@H](CCC(=O)O)NC(=O)[C@H](C)NC(=O)[C@H](C)NC(=O)C(C)C. The highest BCUT2D eigenvalue weighted by Gasteiger charge is 2.31. The molecule has 0 unspecified atom stereocenters. The number of aliphatic carboxylic acids is 3. The van der Waals surface area contributed by atoms with Crippen molar-refractivity contribution in [2.75, 3.05) is 7.05 Å². The maximum Gasteiger partial charge on any atom is 0.303 e. The van der Waals surface area contributed by atoms with Crippen LogP contribution in [0.3, 0.4) is 0 Å². The summed E-state index contributed by atoms with van der Waals surface area (Å²) >= 11 is 0. The van der Waals surface area contributed by atoms with Crippen LogP contribution in [0.2, 0.25) is 0 Å². The Morgan fingerprint density at radius 2 is 0.750 bits per heavy atom. The van der Waals surface area contributed by atoms with E-state index >= 15 is 0 Å². The quantitative estimate of drug-likeness (QED) is 0.0672. The molecule has 0 saturated carbocycles. The largest absolute Gasteiger partial charge is 0.481 e. The number of nitrogens with one attached hydrogen (secondary N) is 6. The van der Waals surface area contributed by atoms with Gasteiger partial charge in [0.15, 0.2) is 0 Å². The zero-order valence-corrected chi connectivity index (χ0v) is 25.2. The van der Waals surface area contributed by atoms with E-state index in [0.29, 0.717) is 0 Å². The summed E-state index contributed by atoms with van der Waals surface area (Å²) < 4.78 is 0. The van der Waals surface area contributed by atoms with Gasteiger partial charge >= 0.3 is 17.9 Å². The normalized spacial score (nSPS) is 14.0. The van der Waals surface area contributed by atoms with Crippen LogP contribution in [0.15, 0.2) is 0 Å². The predicted molar refractivity (Wildman–Crippen MR) is 151 cm³/mol. The summed E-state index contributed by atoms with van der Waals surface area (Å²) in [5.41, 5.74) is 0. The Labute approximate surface area is 253 Å². The van der Waals surface area contributed by atoms with Crippen molar-refractivity contribution in [2.24, 2.45) is 5.92 Å². The molecule has 0 aliphatic rings. The molecule has 0 radical (unpaired) electrons. The summed E-state index contributed by atoms with van der Waals surface area (Å²) in [7, 11) is 1.24. The van der Waals surface area contributed by atoms with Crippen molar-refractivity contribution in [3.05, 3.63) is 0 Å². The molecule has 0 bridgehead atoms. The van der Waals surface area contributed by atoms with Crippen molar-refractivity contribution in [1.29, 1.82) is 0 Å². The maximum atomic E-state index is 13.1. The molecule has 9 N–H and O–H groups in total. The monoisotopic (exact) mass is 630 g/mol. The average Bonchev–Trinajstić information content (AvgIpc) is 2.93. The van der Waals surface area contributed by atoms with Crippen LogP contribution in [0.1, 0.15) is 66.2 Å². The molecule has 6 amide bonds. The van der Waals surface area contributed by atoms with E-state index in [1.54, 1.807) is 13.8 Å². The van der Waals surface area contributed by atoms with Gasteiger partial charge in [-0.1, -0.05) is 13.8 Å². The van der Waals surface area contributed by atoms with Gasteiger partial charge in [-0.3, -0.25) is 43.2 Å². The van der Waals surface area contributed by atoms with Crippen LogP contribution in [-0.2, 0) is 43.2 Å². The van der Waals surface area contributed by atoms with E-state index in [-0.39, 0.29) is 6.42 Å². The molecule has 0 fully saturated rings. The third-order valence-corrected chi connectivity index (χ3v) is 6.11. The predicted octanol–water partition coefficient (Wildman–Crippen LogP) is -2.55. The van der Waals surface area contributed by atoms with Crippen LogP contribution in [0.4, 0.5) is 0 Å². The third-order valence-electron chi connectivity index (χ3n) is 6.11. The number of likely N-dealkylation sites (N-methyl/N-ethyl adjacent to an activating group) is 1. The first-order valence-corrected chi connectivity index (χ1v) is 13.8. The van der Waals surface area contributed by atoms with Crippen molar-refractivity contribution in [3.63, 3.8) is 0 Å². The highest BCUT2D eigenvalue weighted by atomic mass is 16.4. The Bertz CT molecular complexity index is 1100. The molecule has 0 heterocycles. The number of rotatable bonds is 20. The summed E-state index contributed by atoms with van der Waals surface area (Å²) in [6.07, 6.45) is -2.96. The Balaban J connectivity index is 5.79. The smallest absolute Gasteiger partial charge is 0.303 e. The lowest BCUT2D eigenvalue weighted by Crippen LogP contribution is -2.58. The van der Waals surface area contributed by atoms with Gasteiger partial charge in [-0.2, -0.15) is 0 Å². The summed E-state index contributed by atoms with van der Waals surface area (Å²) in [5, 5.41) is 41.0. The van der Waals surface area contributed by atoms with Crippen molar-refractivity contribution in [2.45, 2.75) is 96.4 Å². The minimum Gasteiger partial charge on any atom is -0.481 e. The van der Waals surface area contributed by atoms with Crippen molar-refractivity contribution in [3.8, 4) is 0 Å². The number of hydrogen-bond donors (Lipinski definition) is 9. The molecule has 18 heteroatoms. The summed E-state index contributed by atoms with van der Waals surface area (Å²) in [4.78, 5) is 109. The Morgan fingerprint density at radius 1 is 0.455 bits per heavy atom. The molecular weight excluding hydrogens is 588 g/mol. The molecule has 0 aromatic carbocycles. The van der Waals surface area contributed by atoms with Gasteiger partial charge in [-0.25, -0.2) is 0 Å². The molecule has 0 aliphatic carbocycles. The number of carboxylic acids is 3. The van der Waals surface area contributed by atoms with E-state index in [9.17, 15) is 43.2 Å². The number of carbonyl (C=O) groups is 9. The van der Waals surface area contributed by atoms with Gasteiger partial charge in [0.05, 0.1) is 0 Å². The van der Waals surface area contributed by atoms with Crippen molar-refractivity contribution >= 4 is 53.4 Å². The van der Waals surface area contributed by atoms with Gasteiger partial charge in [-0.05, 0) is 33.1 Å². The van der Waals surface area contributed by atoms with Crippen LogP contribution in [0.25, 0.3) is 0 Å². The minimum atomic E-state index is -1.58. The first kappa shape index (κ1) is 39.2. The molecule has 0 saturated heterocycles. The lowest BCUT2D eigenvalue weighted by atomic mass is 10.1. The molecule has 44 heavy (non-hydrogen) atoms. The maximum absolute atomic E-state index is 13.1. The zero-order valence-electron chi connectivity index (χ0n) is 25.2. The fourth-order valence-corrected chi connectivity index (χ4v) is 3.47. The van der Waals surface area contributed by atoms with Gasteiger partial charge in [0.25, 0.3) is 0 Å². The molecule has 0 aliphatic heterocycles. The topological polar surface area (TPSA) is 286 Å². The average molecular weight is 631 g/mol. The number of amides is 6. The molecule has 18 nitrogen and oxygen atoms in total. The van der Waals surface area contributed by atoms with Gasteiger partial charge in [0.2, 0.25) is 35.4 Å². The van der Waals surface area contributed by atoms with E-state index in [1.165, 1.54) is 20.9 Å². The lowest BCUT2D eigenvalue weighted by molar-refractivity contribution is -0.140. The Kier molecular flexibility index (Phi) is 17.3. The molecule has 5 atom stereocenters. The van der Waals surface area contributed by atoms with Crippen LogP contribution >= 0.6 is 0 Å². The first-order valence-electron chi connectivity index (χ1n) is 13.8. The van der Waals surface area contributed by atoms with Crippen LogP contribution in [-0.4, -0.2) is 106 Å². The second kappa shape index (κ2) is 19.4. The fourth-order valence-electron chi connectivity index (χ4n) is 3.47. The number of hydrogen-bond acceptors (Lipinski definition) is 9. The van der Waals surface area contributed by atoms with Gasteiger partial charge in [0.1, 0.15) is 30.2 Å². The first-order chi connectivity index (χ1) is 20.4. The molecule has 0 aromatic heterocycles. The van der Waals surface area contributed by atoms with E-state index < -0.39 is 122 Å². The molecule has 0 rings (SSSR count). The van der Waals surface area contributed by atoms with E-state index in [0.717, 1.165) is 0 Å². The second-order valence-electron chi connectivity index (χ2n) is 10.2. The van der Waals surface area contributed by atoms with Gasteiger partial charge in [-0.15, -0.1) is 0 Å². The highest BCUT2D eigenvalue weighted by molar-refractivity contribution is 5.96. The van der Waals surface area contributed by atoms with E-state index in [4.69, 9.17) is 15.3 Å². The Morgan fingerprint density at radius 3 is 1.07 bits per heavy atom. The van der Waals surface area contributed by atoms with E-state index in [1.807, 2.05) is 0 Å². The summed E-state index contributed by atoms with van der Waals surface area (Å²) in [5.74, 6) is -9.17. The highest BCUT2D eigenvalue weighted by Crippen LogP contribution is 2.06. The molecule has 248 valence electrons. The number of carbonyl (C=O) groups excluding carboxylic acids is 6. The van der Waals surface area contributed by atoms with Crippen molar-refractivity contribution in [1.82, 2.24) is 31.9 Å². The van der Waals surface area contributed by atoms with Gasteiger partial charge in [0, 0.05) is 32.2 Å². The van der Waals surface area contributed by atoms with Crippen LogP contribution in [0.5, 0.6) is 0 Å². The van der Waals surface area contributed by atoms with E-state index in [2.05, 4.69) is 31.9 Å². The van der Waals surface area contributed by atoms with Crippen LogP contribution < -0.4 is 31.9 Å². The fraction of sp³-hybridized carbons (Fsp3) is 0.654. The summed E-state index contributed by atoms with van der Waals surface area (Å²) in [6.45, 7) is 5.90. The van der Waals surface area contributed by atoms with Crippen LogP contribution in [0, 0.1) is 5.92 Å². The third kappa shape index (κ3) is 15.5. The zero-order chi connectivity index (χ0) is 34.1.